The molecule has 1 aromatic carbocycles. The van der Waals surface area contributed by atoms with E-state index in [0.29, 0.717) is 17.3 Å². The first-order chi connectivity index (χ1) is 11.1. The summed E-state index contributed by atoms with van der Waals surface area (Å²) >= 11 is 0. The molecule has 0 fully saturated rings. The molecule has 3 rings (SSSR count). The van der Waals surface area contributed by atoms with Crippen LogP contribution in [-0.2, 0) is 11.2 Å². The molecular formula is C18H17N3O2. The van der Waals surface area contributed by atoms with E-state index in [-0.39, 0.29) is 12.3 Å². The lowest BCUT2D eigenvalue weighted by Gasteiger charge is -2.04. The topological polar surface area (TPSA) is 68.0 Å². The van der Waals surface area contributed by atoms with Crippen LogP contribution in [-0.4, -0.2) is 15.9 Å². The summed E-state index contributed by atoms with van der Waals surface area (Å²) in [5.41, 5.74) is 3.30. The monoisotopic (exact) mass is 307 g/mol. The van der Waals surface area contributed by atoms with Crippen molar-refractivity contribution in [3.8, 4) is 11.5 Å². The third-order valence-electron chi connectivity index (χ3n) is 3.43. The third kappa shape index (κ3) is 3.63. The molecule has 2 aromatic heterocycles. The number of hydrogen-bond acceptors (Lipinski definition) is 4. The van der Waals surface area contributed by atoms with Crippen molar-refractivity contribution < 1.29 is 9.21 Å². The van der Waals surface area contributed by atoms with E-state index in [1.165, 1.54) is 0 Å². The number of benzene rings is 1. The Morgan fingerprint density at radius 3 is 2.83 bits per heavy atom. The van der Waals surface area contributed by atoms with Crippen LogP contribution in [0.3, 0.4) is 0 Å². The van der Waals surface area contributed by atoms with Crippen LogP contribution in [0.4, 0.5) is 5.69 Å². The Kier molecular flexibility index (Phi) is 4.19. The first kappa shape index (κ1) is 15.0. The first-order valence-corrected chi connectivity index (χ1v) is 7.35. The molecule has 1 N–H and O–H groups in total. The summed E-state index contributed by atoms with van der Waals surface area (Å²) < 4.78 is 5.64. The summed E-state index contributed by atoms with van der Waals surface area (Å²) in [5.74, 6) is 1.00. The molecule has 1 amide bonds. The lowest BCUT2D eigenvalue weighted by Crippen LogP contribution is -2.15. The van der Waals surface area contributed by atoms with Gasteiger partial charge in [-0.1, -0.05) is 12.1 Å². The zero-order valence-corrected chi connectivity index (χ0v) is 13.0. The molecule has 116 valence electrons. The highest BCUT2D eigenvalue weighted by Gasteiger charge is 2.15. The minimum atomic E-state index is -0.121. The number of aryl methyl sites for hydroxylation is 2. The first-order valence-electron chi connectivity index (χ1n) is 7.35. The van der Waals surface area contributed by atoms with Crippen molar-refractivity contribution in [3.05, 3.63) is 65.8 Å². The van der Waals surface area contributed by atoms with Crippen LogP contribution >= 0.6 is 0 Å². The number of hydrogen-bond donors (Lipinski definition) is 1. The van der Waals surface area contributed by atoms with Gasteiger partial charge in [-0.2, -0.15) is 0 Å². The van der Waals surface area contributed by atoms with Gasteiger partial charge >= 0.3 is 0 Å². The van der Waals surface area contributed by atoms with Crippen molar-refractivity contribution in [2.24, 2.45) is 0 Å². The van der Waals surface area contributed by atoms with E-state index < -0.39 is 0 Å². The summed E-state index contributed by atoms with van der Waals surface area (Å²) in [6, 6.07) is 11.4. The van der Waals surface area contributed by atoms with Crippen LogP contribution in [0.1, 0.15) is 17.0 Å². The second-order valence-electron chi connectivity index (χ2n) is 5.36. The smallest absolute Gasteiger partial charge is 0.230 e. The van der Waals surface area contributed by atoms with Gasteiger partial charge in [-0.3, -0.25) is 9.78 Å². The standard InChI is InChI=1S/C18H17N3O2/c1-12-5-3-7-15(9-12)20-17(22)10-16-13(2)23-18(21-16)14-6-4-8-19-11-14/h3-9,11H,10H2,1-2H3,(H,20,22). The SMILES string of the molecule is Cc1cccc(NC(=O)Cc2nc(-c3cccnc3)oc2C)c1. The van der Waals surface area contributed by atoms with E-state index in [2.05, 4.69) is 15.3 Å². The largest absolute Gasteiger partial charge is 0.441 e. The van der Waals surface area contributed by atoms with Crippen molar-refractivity contribution in [2.45, 2.75) is 20.3 Å². The van der Waals surface area contributed by atoms with Crippen LogP contribution in [0.25, 0.3) is 11.5 Å². The van der Waals surface area contributed by atoms with Gasteiger partial charge in [-0.15, -0.1) is 0 Å². The Morgan fingerprint density at radius 2 is 2.09 bits per heavy atom. The second-order valence-corrected chi connectivity index (χ2v) is 5.36. The summed E-state index contributed by atoms with van der Waals surface area (Å²) in [6.07, 6.45) is 3.54. The van der Waals surface area contributed by atoms with Gasteiger partial charge in [0.15, 0.2) is 0 Å². The van der Waals surface area contributed by atoms with E-state index in [4.69, 9.17) is 4.42 Å². The number of pyridine rings is 1. The average molecular weight is 307 g/mol. The third-order valence-corrected chi connectivity index (χ3v) is 3.43. The molecule has 5 heteroatoms. The number of nitrogens with zero attached hydrogens (tertiary/aromatic N) is 2. The van der Waals surface area contributed by atoms with Crippen molar-refractivity contribution >= 4 is 11.6 Å². The highest BCUT2D eigenvalue weighted by Crippen LogP contribution is 2.21. The predicted octanol–water partition coefficient (Wildman–Crippen LogP) is 3.53. The molecule has 3 aromatic rings. The number of carbonyl (C=O) groups is 1. The van der Waals surface area contributed by atoms with Crippen LogP contribution in [0.2, 0.25) is 0 Å². The quantitative estimate of drug-likeness (QED) is 0.800. The van der Waals surface area contributed by atoms with Crippen molar-refractivity contribution in [1.82, 2.24) is 9.97 Å². The van der Waals surface area contributed by atoms with Crippen LogP contribution < -0.4 is 5.32 Å². The highest BCUT2D eigenvalue weighted by molar-refractivity contribution is 5.92. The predicted molar refractivity (Wildman–Crippen MR) is 88.0 cm³/mol. The molecule has 0 spiro atoms. The van der Waals surface area contributed by atoms with E-state index >= 15 is 0 Å². The number of carbonyl (C=O) groups excluding carboxylic acids is 1. The fraction of sp³-hybridized carbons (Fsp3) is 0.167. The number of nitrogens with one attached hydrogen (secondary N) is 1. The number of anilines is 1. The van der Waals surface area contributed by atoms with Gasteiger partial charge in [0.05, 0.1) is 17.7 Å². The minimum Gasteiger partial charge on any atom is -0.441 e. The minimum absolute atomic E-state index is 0.121. The maximum atomic E-state index is 12.2. The number of rotatable bonds is 4. The van der Waals surface area contributed by atoms with Crippen LogP contribution in [0.5, 0.6) is 0 Å². The van der Waals surface area contributed by atoms with Gasteiger partial charge in [0.2, 0.25) is 11.8 Å². The fourth-order valence-corrected chi connectivity index (χ4v) is 2.28. The van der Waals surface area contributed by atoms with Crippen molar-refractivity contribution in [3.63, 3.8) is 0 Å². The van der Waals surface area contributed by atoms with E-state index in [1.54, 1.807) is 12.4 Å². The van der Waals surface area contributed by atoms with Gasteiger partial charge < -0.3 is 9.73 Å². The maximum absolute atomic E-state index is 12.2. The Balaban J connectivity index is 1.73. The second kappa shape index (κ2) is 6.44. The molecule has 0 aliphatic rings. The van der Waals surface area contributed by atoms with Gasteiger partial charge in [-0.25, -0.2) is 4.98 Å². The molecule has 0 bridgehead atoms. The Labute approximate surface area is 134 Å². The molecule has 0 aliphatic heterocycles. The molecule has 23 heavy (non-hydrogen) atoms. The fourth-order valence-electron chi connectivity index (χ4n) is 2.28. The van der Waals surface area contributed by atoms with Gasteiger partial charge in [0.1, 0.15) is 5.76 Å². The van der Waals surface area contributed by atoms with Crippen molar-refractivity contribution in [2.75, 3.05) is 5.32 Å². The lowest BCUT2D eigenvalue weighted by atomic mass is 10.2. The van der Waals surface area contributed by atoms with E-state index in [9.17, 15) is 4.79 Å². The van der Waals surface area contributed by atoms with Gasteiger partial charge in [0.25, 0.3) is 0 Å². The van der Waals surface area contributed by atoms with E-state index in [1.807, 2.05) is 50.2 Å². The zero-order chi connectivity index (χ0) is 16.2. The molecule has 0 atom stereocenters. The molecular weight excluding hydrogens is 290 g/mol. The number of aromatic nitrogens is 2. The normalized spacial score (nSPS) is 10.5. The molecule has 0 unspecified atom stereocenters. The molecule has 0 saturated heterocycles. The molecule has 0 radical (unpaired) electrons. The van der Waals surface area contributed by atoms with E-state index in [0.717, 1.165) is 16.8 Å². The summed E-state index contributed by atoms with van der Waals surface area (Å²) in [6.45, 7) is 3.79. The molecule has 0 saturated carbocycles. The summed E-state index contributed by atoms with van der Waals surface area (Å²) in [5, 5.41) is 2.87. The molecule has 0 aliphatic carbocycles. The van der Waals surface area contributed by atoms with Gasteiger partial charge in [0, 0.05) is 18.1 Å². The maximum Gasteiger partial charge on any atom is 0.230 e. The van der Waals surface area contributed by atoms with Crippen LogP contribution in [0, 0.1) is 13.8 Å². The highest BCUT2D eigenvalue weighted by atomic mass is 16.4. The number of amides is 1. The number of oxazole rings is 1. The Morgan fingerprint density at radius 1 is 1.22 bits per heavy atom. The van der Waals surface area contributed by atoms with Crippen LogP contribution in [0.15, 0.2) is 53.2 Å². The Bertz CT molecular complexity index is 825. The zero-order valence-electron chi connectivity index (χ0n) is 13.0. The summed E-state index contributed by atoms with van der Waals surface area (Å²) in [7, 11) is 0. The summed E-state index contributed by atoms with van der Waals surface area (Å²) in [4.78, 5) is 20.6. The Hall–Kier alpha value is -2.95. The molecule has 2 heterocycles. The lowest BCUT2D eigenvalue weighted by molar-refractivity contribution is -0.115. The average Bonchev–Trinajstić information content (AvgIpc) is 2.89. The molecule has 5 nitrogen and oxygen atoms in total. The van der Waals surface area contributed by atoms with Gasteiger partial charge in [-0.05, 0) is 43.7 Å². The van der Waals surface area contributed by atoms with Crippen molar-refractivity contribution in [1.29, 1.82) is 0 Å².